The van der Waals surface area contributed by atoms with Gasteiger partial charge in [0, 0.05) is 35.8 Å². The van der Waals surface area contributed by atoms with E-state index in [-0.39, 0.29) is 35.8 Å². The van der Waals surface area contributed by atoms with Crippen molar-refractivity contribution in [2.24, 2.45) is 0 Å². The van der Waals surface area contributed by atoms with Gasteiger partial charge in [0.05, 0.1) is 11.4 Å². The second kappa shape index (κ2) is 8.48. The van der Waals surface area contributed by atoms with Gasteiger partial charge in [-0.05, 0) is 49.4 Å². The third kappa shape index (κ3) is 4.65. The van der Waals surface area contributed by atoms with E-state index in [9.17, 15) is 19.2 Å². The van der Waals surface area contributed by atoms with Crippen LogP contribution in [-0.2, 0) is 9.59 Å². The second-order valence-corrected chi connectivity index (χ2v) is 7.85. The number of rotatable bonds is 5. The summed E-state index contributed by atoms with van der Waals surface area (Å²) in [4.78, 5) is 52.3. The predicted molar refractivity (Wildman–Crippen MR) is 113 cm³/mol. The zero-order valence-corrected chi connectivity index (χ0v) is 17.2. The van der Waals surface area contributed by atoms with E-state index >= 15 is 0 Å². The third-order valence-corrected chi connectivity index (χ3v) is 5.48. The largest absolute Gasteiger partial charge is 0.345 e. The molecule has 2 aromatic carbocycles. The highest BCUT2D eigenvalue weighted by Gasteiger charge is 2.27. The van der Waals surface area contributed by atoms with Crippen LogP contribution in [0.2, 0.25) is 0 Å². The second-order valence-electron chi connectivity index (χ2n) is 6.83. The number of thioether (sulfide) groups is 1. The summed E-state index contributed by atoms with van der Waals surface area (Å²) >= 11 is 1.38. The van der Waals surface area contributed by atoms with Gasteiger partial charge in [-0.1, -0.05) is 0 Å². The van der Waals surface area contributed by atoms with Crippen molar-refractivity contribution < 1.29 is 19.2 Å². The molecule has 0 radical (unpaired) electrons. The molecule has 0 aromatic heterocycles. The van der Waals surface area contributed by atoms with Crippen LogP contribution in [-0.4, -0.2) is 54.8 Å². The number of hydrogen-bond donors (Lipinski definition) is 1. The summed E-state index contributed by atoms with van der Waals surface area (Å²) in [6.45, 7) is 1.31. The Balaban J connectivity index is 1.79. The summed E-state index contributed by atoms with van der Waals surface area (Å²) in [5.74, 6) is -0.561. The first kappa shape index (κ1) is 20.6. The molecule has 1 aliphatic rings. The lowest BCUT2D eigenvalue weighted by Gasteiger charge is -2.29. The predicted octanol–water partition coefficient (Wildman–Crippen LogP) is 2.67. The van der Waals surface area contributed by atoms with Gasteiger partial charge >= 0.3 is 0 Å². The zero-order valence-electron chi connectivity index (χ0n) is 16.4. The van der Waals surface area contributed by atoms with Crippen molar-refractivity contribution in [2.75, 3.05) is 36.6 Å². The van der Waals surface area contributed by atoms with E-state index in [4.69, 9.17) is 0 Å². The van der Waals surface area contributed by atoms with Gasteiger partial charge in [0.1, 0.15) is 6.54 Å². The van der Waals surface area contributed by atoms with E-state index in [1.165, 1.54) is 28.5 Å². The van der Waals surface area contributed by atoms with Crippen LogP contribution in [0.5, 0.6) is 0 Å². The number of nitrogens with one attached hydrogen (secondary N) is 1. The monoisotopic (exact) mass is 411 g/mol. The molecule has 0 atom stereocenters. The number of hydrogen-bond acceptors (Lipinski definition) is 5. The molecule has 0 saturated carbocycles. The number of ketones is 1. The molecular weight excluding hydrogens is 390 g/mol. The molecular formula is C21H21N3O4S. The standard InChI is InChI=1S/C21H21N3O4S/c1-13(25)14-4-7-16(8-5-14)22-19(26)11-24-17-10-15(21(28)23(2)3)6-9-18(17)29-12-20(24)27/h4-10H,11-12H2,1-3H3,(H,22,26). The summed E-state index contributed by atoms with van der Waals surface area (Å²) in [6, 6.07) is 11.7. The average molecular weight is 411 g/mol. The fraction of sp³-hybridized carbons (Fsp3) is 0.238. The number of amides is 3. The first-order valence-corrected chi connectivity index (χ1v) is 9.94. The van der Waals surface area contributed by atoms with Gasteiger partial charge in [0.2, 0.25) is 11.8 Å². The highest BCUT2D eigenvalue weighted by atomic mass is 32.2. The molecule has 0 unspecified atom stereocenters. The van der Waals surface area contributed by atoms with Crippen molar-refractivity contribution in [2.45, 2.75) is 11.8 Å². The smallest absolute Gasteiger partial charge is 0.253 e. The van der Waals surface area contributed by atoms with Crippen LogP contribution in [0, 0.1) is 0 Å². The van der Waals surface area contributed by atoms with Gasteiger partial charge in [-0.2, -0.15) is 0 Å². The minimum atomic E-state index is -0.365. The first-order valence-electron chi connectivity index (χ1n) is 8.96. The molecule has 1 aliphatic heterocycles. The number of anilines is 2. The molecule has 0 spiro atoms. The van der Waals surface area contributed by atoms with Gasteiger partial charge in [-0.15, -0.1) is 11.8 Å². The van der Waals surface area contributed by atoms with E-state index in [1.807, 2.05) is 0 Å². The molecule has 29 heavy (non-hydrogen) atoms. The molecule has 7 nitrogen and oxygen atoms in total. The van der Waals surface area contributed by atoms with Crippen LogP contribution in [0.15, 0.2) is 47.4 Å². The Morgan fingerprint density at radius 1 is 1.07 bits per heavy atom. The van der Waals surface area contributed by atoms with Gasteiger partial charge in [0.15, 0.2) is 5.78 Å². The Bertz CT molecular complexity index is 986. The number of carbonyl (C=O) groups excluding carboxylic acids is 4. The van der Waals surface area contributed by atoms with Crippen LogP contribution in [0.1, 0.15) is 27.6 Å². The highest BCUT2D eigenvalue weighted by molar-refractivity contribution is 8.00. The number of fused-ring (bicyclic) bond motifs is 1. The number of benzene rings is 2. The van der Waals surface area contributed by atoms with Crippen molar-refractivity contribution in [1.29, 1.82) is 0 Å². The molecule has 8 heteroatoms. The van der Waals surface area contributed by atoms with Gasteiger partial charge in [-0.25, -0.2) is 0 Å². The Kier molecular flexibility index (Phi) is 6.03. The summed E-state index contributed by atoms with van der Waals surface area (Å²) < 4.78 is 0. The Hall–Kier alpha value is -3.13. The Morgan fingerprint density at radius 2 is 1.72 bits per heavy atom. The summed E-state index contributed by atoms with van der Waals surface area (Å²) in [5, 5.41) is 2.74. The maximum absolute atomic E-state index is 12.5. The van der Waals surface area contributed by atoms with Crippen LogP contribution in [0.4, 0.5) is 11.4 Å². The van der Waals surface area contributed by atoms with E-state index < -0.39 is 0 Å². The van der Waals surface area contributed by atoms with Crippen molar-refractivity contribution in [3.8, 4) is 0 Å². The maximum atomic E-state index is 12.5. The minimum Gasteiger partial charge on any atom is -0.345 e. The molecule has 0 aliphatic carbocycles. The Morgan fingerprint density at radius 3 is 2.34 bits per heavy atom. The van der Waals surface area contributed by atoms with Gasteiger partial charge in [0.25, 0.3) is 5.91 Å². The van der Waals surface area contributed by atoms with E-state index in [0.29, 0.717) is 22.5 Å². The summed E-state index contributed by atoms with van der Waals surface area (Å²) in [5.41, 5.74) is 2.10. The van der Waals surface area contributed by atoms with Crippen molar-refractivity contribution in [3.63, 3.8) is 0 Å². The first-order chi connectivity index (χ1) is 13.8. The van der Waals surface area contributed by atoms with Gasteiger partial charge in [-0.3, -0.25) is 19.2 Å². The molecule has 0 saturated heterocycles. The SMILES string of the molecule is CC(=O)c1ccc(NC(=O)CN2C(=O)CSc3ccc(C(=O)N(C)C)cc32)cc1. The Labute approximate surface area is 173 Å². The molecule has 0 fully saturated rings. The molecule has 3 rings (SSSR count). The normalized spacial score (nSPS) is 12.9. The maximum Gasteiger partial charge on any atom is 0.253 e. The van der Waals surface area contributed by atoms with Crippen molar-refractivity contribution >= 4 is 46.6 Å². The molecule has 2 aromatic rings. The average Bonchev–Trinajstić information content (AvgIpc) is 2.69. The quantitative estimate of drug-likeness (QED) is 0.765. The van der Waals surface area contributed by atoms with Crippen LogP contribution in [0.25, 0.3) is 0 Å². The lowest BCUT2D eigenvalue weighted by molar-refractivity contribution is -0.120. The summed E-state index contributed by atoms with van der Waals surface area (Å²) in [7, 11) is 3.31. The van der Waals surface area contributed by atoms with E-state index in [2.05, 4.69) is 5.32 Å². The zero-order chi connectivity index (χ0) is 21.1. The topological polar surface area (TPSA) is 86.8 Å². The fourth-order valence-corrected chi connectivity index (χ4v) is 3.82. The summed E-state index contributed by atoms with van der Waals surface area (Å²) in [6.07, 6.45) is 0. The molecule has 1 N–H and O–H groups in total. The minimum absolute atomic E-state index is 0.0565. The van der Waals surface area contributed by atoms with Crippen molar-refractivity contribution in [1.82, 2.24) is 4.90 Å². The third-order valence-electron chi connectivity index (χ3n) is 4.43. The van der Waals surface area contributed by atoms with Crippen LogP contribution >= 0.6 is 11.8 Å². The number of nitrogens with zero attached hydrogens (tertiary/aromatic N) is 2. The number of Topliss-reactive ketones (excluding diaryl/α,β-unsaturated/α-hetero) is 1. The highest BCUT2D eigenvalue weighted by Crippen LogP contribution is 2.36. The van der Waals surface area contributed by atoms with E-state index in [1.54, 1.807) is 56.6 Å². The van der Waals surface area contributed by atoms with Crippen LogP contribution < -0.4 is 10.2 Å². The molecule has 1 heterocycles. The van der Waals surface area contributed by atoms with Crippen LogP contribution in [0.3, 0.4) is 0 Å². The van der Waals surface area contributed by atoms with E-state index in [0.717, 1.165) is 4.90 Å². The van der Waals surface area contributed by atoms with Gasteiger partial charge < -0.3 is 15.1 Å². The van der Waals surface area contributed by atoms with Crippen molar-refractivity contribution in [3.05, 3.63) is 53.6 Å². The fourth-order valence-electron chi connectivity index (χ4n) is 2.90. The number of carbonyl (C=O) groups is 4. The lowest BCUT2D eigenvalue weighted by atomic mass is 10.1. The lowest BCUT2D eigenvalue weighted by Crippen LogP contribution is -2.41. The molecule has 0 bridgehead atoms. The molecule has 3 amide bonds. The molecule has 150 valence electrons.